The average Bonchev–Trinajstić information content (AvgIpc) is 2.53. The summed E-state index contributed by atoms with van der Waals surface area (Å²) in [5.74, 6) is 2.88. The van der Waals surface area contributed by atoms with Gasteiger partial charge in [-0.1, -0.05) is 13.8 Å². The lowest BCUT2D eigenvalue weighted by atomic mass is 10.0. The van der Waals surface area contributed by atoms with E-state index in [9.17, 15) is 4.79 Å². The number of carbonyl (C=O) groups is 1. The van der Waals surface area contributed by atoms with E-state index in [-0.39, 0.29) is 11.9 Å². The third kappa shape index (κ3) is 5.95. The summed E-state index contributed by atoms with van der Waals surface area (Å²) in [5.41, 5.74) is 5.71. The molecule has 0 fully saturated rings. The molecule has 0 aliphatic carbocycles. The number of thioether (sulfide) groups is 1. The Bertz CT molecular complexity index is 523. The summed E-state index contributed by atoms with van der Waals surface area (Å²) in [5, 5.41) is 3.01. The molecule has 1 atom stereocenters. The summed E-state index contributed by atoms with van der Waals surface area (Å²) in [4.78, 5) is 13.1. The van der Waals surface area contributed by atoms with Crippen molar-refractivity contribution in [1.82, 2.24) is 5.32 Å². The van der Waals surface area contributed by atoms with Crippen LogP contribution in [0.2, 0.25) is 0 Å². The van der Waals surface area contributed by atoms with Gasteiger partial charge in [-0.25, -0.2) is 0 Å². The van der Waals surface area contributed by atoms with Crippen LogP contribution in [0, 0.1) is 5.92 Å². The highest BCUT2D eigenvalue weighted by molar-refractivity contribution is 7.99. The molecule has 1 amide bonds. The van der Waals surface area contributed by atoms with Crippen LogP contribution in [0.1, 0.15) is 26.7 Å². The Hall–Kier alpha value is -1.40. The van der Waals surface area contributed by atoms with Crippen LogP contribution in [0.3, 0.4) is 0 Å². The van der Waals surface area contributed by atoms with E-state index < -0.39 is 0 Å². The number of hydrogen-bond acceptors (Lipinski definition) is 5. The first-order valence-electron chi connectivity index (χ1n) is 8.10. The Morgan fingerprint density at radius 2 is 2.04 bits per heavy atom. The van der Waals surface area contributed by atoms with Gasteiger partial charge >= 0.3 is 0 Å². The van der Waals surface area contributed by atoms with Crippen molar-refractivity contribution >= 4 is 17.7 Å². The van der Waals surface area contributed by atoms with Crippen molar-refractivity contribution in [2.75, 3.05) is 25.5 Å². The molecule has 3 N–H and O–H groups in total. The van der Waals surface area contributed by atoms with Crippen LogP contribution >= 0.6 is 11.8 Å². The second-order valence-corrected chi connectivity index (χ2v) is 7.20. The highest BCUT2D eigenvalue weighted by atomic mass is 32.2. The fourth-order valence-corrected chi connectivity index (χ4v) is 3.34. The van der Waals surface area contributed by atoms with Gasteiger partial charge in [0.1, 0.15) is 13.2 Å². The predicted molar refractivity (Wildman–Crippen MR) is 93.2 cm³/mol. The zero-order valence-electron chi connectivity index (χ0n) is 13.8. The van der Waals surface area contributed by atoms with Gasteiger partial charge in [0.05, 0.1) is 0 Å². The monoisotopic (exact) mass is 338 g/mol. The largest absolute Gasteiger partial charge is 0.486 e. The zero-order chi connectivity index (χ0) is 16.7. The van der Waals surface area contributed by atoms with Crippen LogP contribution < -0.4 is 20.5 Å². The van der Waals surface area contributed by atoms with Gasteiger partial charge in [-0.15, -0.1) is 11.8 Å². The van der Waals surface area contributed by atoms with Crippen molar-refractivity contribution in [3.63, 3.8) is 0 Å². The highest BCUT2D eigenvalue weighted by Crippen LogP contribution is 2.34. The van der Waals surface area contributed by atoms with Gasteiger partial charge in [0, 0.05) is 29.7 Å². The molecular weight excluding hydrogens is 312 g/mol. The Labute approximate surface area is 142 Å². The molecule has 0 bridgehead atoms. The van der Waals surface area contributed by atoms with E-state index in [2.05, 4.69) is 19.2 Å². The smallest absolute Gasteiger partial charge is 0.221 e. The fraction of sp³-hybridized carbons (Fsp3) is 0.588. The van der Waals surface area contributed by atoms with Crippen LogP contribution in [-0.4, -0.2) is 37.5 Å². The topological polar surface area (TPSA) is 73.6 Å². The zero-order valence-corrected chi connectivity index (χ0v) is 14.7. The van der Waals surface area contributed by atoms with Crippen molar-refractivity contribution in [2.24, 2.45) is 11.7 Å². The predicted octanol–water partition coefficient (Wildman–Crippen LogP) is 2.43. The molecule has 23 heavy (non-hydrogen) atoms. The number of nitrogens with one attached hydrogen (secondary N) is 1. The van der Waals surface area contributed by atoms with E-state index in [1.54, 1.807) is 11.8 Å². The van der Waals surface area contributed by atoms with Crippen LogP contribution in [-0.2, 0) is 4.79 Å². The Morgan fingerprint density at radius 3 is 2.74 bits per heavy atom. The molecule has 1 aliphatic rings. The van der Waals surface area contributed by atoms with Crippen LogP contribution in [0.15, 0.2) is 23.1 Å². The Balaban J connectivity index is 1.75. The van der Waals surface area contributed by atoms with E-state index in [0.717, 1.165) is 28.6 Å². The number of benzene rings is 1. The van der Waals surface area contributed by atoms with Gasteiger partial charge in [-0.3, -0.25) is 4.79 Å². The summed E-state index contributed by atoms with van der Waals surface area (Å²) in [6.07, 6.45) is 1.39. The van der Waals surface area contributed by atoms with Gasteiger partial charge in [-0.05, 0) is 30.5 Å². The second kappa shape index (κ2) is 9.03. The number of ether oxygens (including phenoxy) is 2. The molecule has 1 unspecified atom stereocenters. The molecule has 6 heteroatoms. The summed E-state index contributed by atoms with van der Waals surface area (Å²) in [6.45, 7) is 5.93. The molecule has 1 aromatic carbocycles. The first-order chi connectivity index (χ1) is 11.1. The molecule has 1 aliphatic heterocycles. The van der Waals surface area contributed by atoms with Crippen molar-refractivity contribution < 1.29 is 14.3 Å². The van der Waals surface area contributed by atoms with Crippen LogP contribution in [0.25, 0.3) is 0 Å². The number of hydrogen-bond donors (Lipinski definition) is 2. The number of carbonyl (C=O) groups excluding carboxylic acids is 1. The molecule has 1 heterocycles. The van der Waals surface area contributed by atoms with E-state index >= 15 is 0 Å². The summed E-state index contributed by atoms with van der Waals surface area (Å²) in [7, 11) is 0. The third-order valence-electron chi connectivity index (χ3n) is 3.52. The van der Waals surface area contributed by atoms with Crippen molar-refractivity contribution in [2.45, 2.75) is 37.6 Å². The first kappa shape index (κ1) is 17.9. The maximum atomic E-state index is 12.0. The van der Waals surface area contributed by atoms with E-state index in [0.29, 0.717) is 32.1 Å². The van der Waals surface area contributed by atoms with Gasteiger partial charge in [-0.2, -0.15) is 0 Å². The van der Waals surface area contributed by atoms with E-state index in [1.165, 1.54) is 0 Å². The minimum atomic E-state index is 0.0612. The quantitative estimate of drug-likeness (QED) is 0.712. The Kier molecular flexibility index (Phi) is 7.05. The highest BCUT2D eigenvalue weighted by Gasteiger charge is 2.14. The van der Waals surface area contributed by atoms with Crippen LogP contribution in [0.4, 0.5) is 0 Å². The molecule has 0 aromatic heterocycles. The normalized spacial score (nSPS) is 14.6. The molecule has 0 spiro atoms. The summed E-state index contributed by atoms with van der Waals surface area (Å²) >= 11 is 1.64. The SMILES string of the molecule is CC(C)CC(CN)NC(=O)CCSc1ccc2c(c1)OCCO2. The van der Waals surface area contributed by atoms with E-state index in [1.807, 2.05) is 18.2 Å². The number of amides is 1. The number of fused-ring (bicyclic) bond motifs is 1. The standard InChI is InChI=1S/C17H26N2O3S/c1-12(2)9-13(11-18)19-17(20)5-8-23-14-3-4-15-16(10-14)22-7-6-21-15/h3-4,10,12-13H,5-9,11,18H2,1-2H3,(H,19,20). The summed E-state index contributed by atoms with van der Waals surface area (Å²) in [6, 6.07) is 5.96. The maximum Gasteiger partial charge on any atom is 0.221 e. The average molecular weight is 338 g/mol. The van der Waals surface area contributed by atoms with Crippen LogP contribution in [0.5, 0.6) is 11.5 Å². The number of nitrogens with two attached hydrogens (primary N) is 1. The lowest BCUT2D eigenvalue weighted by Gasteiger charge is -2.19. The number of rotatable bonds is 8. The van der Waals surface area contributed by atoms with Gasteiger partial charge in [0.2, 0.25) is 5.91 Å². The Morgan fingerprint density at radius 1 is 1.30 bits per heavy atom. The first-order valence-corrected chi connectivity index (χ1v) is 9.09. The third-order valence-corrected chi connectivity index (χ3v) is 4.51. The lowest BCUT2D eigenvalue weighted by Crippen LogP contribution is -2.41. The molecule has 0 saturated heterocycles. The molecule has 5 nitrogen and oxygen atoms in total. The molecule has 0 radical (unpaired) electrons. The fourth-order valence-electron chi connectivity index (χ4n) is 2.46. The van der Waals surface area contributed by atoms with Crippen molar-refractivity contribution in [3.8, 4) is 11.5 Å². The maximum absolute atomic E-state index is 12.0. The summed E-state index contributed by atoms with van der Waals surface area (Å²) < 4.78 is 11.1. The van der Waals surface area contributed by atoms with Gasteiger partial charge in [0.25, 0.3) is 0 Å². The lowest BCUT2D eigenvalue weighted by molar-refractivity contribution is -0.121. The second-order valence-electron chi connectivity index (χ2n) is 6.03. The van der Waals surface area contributed by atoms with E-state index in [4.69, 9.17) is 15.2 Å². The van der Waals surface area contributed by atoms with Gasteiger partial charge < -0.3 is 20.5 Å². The van der Waals surface area contributed by atoms with Gasteiger partial charge in [0.15, 0.2) is 11.5 Å². The minimum Gasteiger partial charge on any atom is -0.486 e. The van der Waals surface area contributed by atoms with Crippen molar-refractivity contribution in [3.05, 3.63) is 18.2 Å². The molecular formula is C17H26N2O3S. The minimum absolute atomic E-state index is 0.0612. The molecule has 2 rings (SSSR count). The molecule has 1 aromatic rings. The molecule has 128 valence electrons. The van der Waals surface area contributed by atoms with Crippen molar-refractivity contribution in [1.29, 1.82) is 0 Å². The molecule has 0 saturated carbocycles.